The normalized spacial score (nSPS) is 10.9. The highest BCUT2D eigenvalue weighted by Gasteiger charge is 2.23. The third kappa shape index (κ3) is 3.24. The lowest BCUT2D eigenvalue weighted by atomic mass is 10.0. The fraction of sp³-hybridized carbons (Fsp3) is 0. The Morgan fingerprint density at radius 3 is 2.03 bits per heavy atom. The van der Waals surface area contributed by atoms with Crippen LogP contribution < -0.4 is 0 Å². The first-order valence-corrected chi connectivity index (χ1v) is 10.9. The van der Waals surface area contributed by atoms with Gasteiger partial charge in [-0.25, -0.2) is 14.2 Å². The van der Waals surface area contributed by atoms with E-state index in [0.717, 1.165) is 28.2 Å². The van der Waals surface area contributed by atoms with Crippen LogP contribution in [0.4, 0.5) is 0 Å². The molecule has 0 fully saturated rings. The molecule has 0 amide bonds. The van der Waals surface area contributed by atoms with Crippen molar-refractivity contribution in [3.63, 3.8) is 0 Å². The summed E-state index contributed by atoms with van der Waals surface area (Å²) in [5, 5.41) is 20.0. The van der Waals surface area contributed by atoms with Crippen molar-refractivity contribution in [3.8, 4) is 45.7 Å². The Hall–Kier alpha value is -5.02. The predicted molar refractivity (Wildman–Crippen MR) is 131 cm³/mol. The summed E-state index contributed by atoms with van der Waals surface area (Å²) in [6.45, 7) is 0. The molecule has 3 aromatic heterocycles. The Bertz CT molecular complexity index is 1640. The van der Waals surface area contributed by atoms with Crippen molar-refractivity contribution in [1.29, 1.82) is 5.26 Å². The van der Waals surface area contributed by atoms with Crippen molar-refractivity contribution in [2.24, 2.45) is 0 Å². The molecule has 0 N–H and O–H groups in total. The van der Waals surface area contributed by atoms with Gasteiger partial charge in [-0.05, 0) is 18.2 Å². The van der Waals surface area contributed by atoms with Gasteiger partial charge in [0.1, 0.15) is 17.3 Å². The Morgan fingerprint density at radius 1 is 0.706 bits per heavy atom. The van der Waals surface area contributed by atoms with Crippen LogP contribution in [-0.2, 0) is 0 Å². The Morgan fingerprint density at radius 2 is 1.35 bits per heavy atom. The first-order valence-electron chi connectivity index (χ1n) is 10.9. The highest BCUT2D eigenvalue weighted by atomic mass is 15.3. The first-order chi connectivity index (χ1) is 16.8. The van der Waals surface area contributed by atoms with Gasteiger partial charge in [0.25, 0.3) is 0 Å². The van der Waals surface area contributed by atoms with E-state index in [1.807, 2.05) is 108 Å². The van der Waals surface area contributed by atoms with Gasteiger partial charge < -0.3 is 0 Å². The molecule has 0 aliphatic rings. The molecule has 0 aliphatic heterocycles. The predicted octanol–water partition coefficient (Wildman–Crippen LogP) is 5.79. The van der Waals surface area contributed by atoms with Gasteiger partial charge in [0.15, 0.2) is 5.65 Å². The summed E-state index contributed by atoms with van der Waals surface area (Å²) in [4.78, 5) is 4.50. The number of aromatic nitrogens is 5. The van der Waals surface area contributed by atoms with Crippen molar-refractivity contribution >= 4 is 5.65 Å². The largest absolute Gasteiger partial charge is 0.237 e. The fourth-order valence-corrected chi connectivity index (χ4v) is 4.15. The van der Waals surface area contributed by atoms with E-state index in [2.05, 4.69) is 11.1 Å². The summed E-state index contributed by atoms with van der Waals surface area (Å²) in [6.07, 6.45) is 1.73. The van der Waals surface area contributed by atoms with Crippen LogP contribution in [0.15, 0.2) is 109 Å². The number of hydrogen-bond acceptors (Lipinski definition) is 4. The van der Waals surface area contributed by atoms with Crippen LogP contribution in [0.25, 0.3) is 45.2 Å². The third-order valence-corrected chi connectivity index (χ3v) is 5.72. The van der Waals surface area contributed by atoms with Gasteiger partial charge in [-0.15, -0.1) is 0 Å². The van der Waals surface area contributed by atoms with Crippen LogP contribution in [-0.4, -0.2) is 24.4 Å². The SMILES string of the molecule is N#Cc1c(-c2ccnc3cc(-c4ccccc4)nn23)nn(-c2ccccc2)c1-c1ccccc1. The maximum absolute atomic E-state index is 10.3. The molecule has 0 saturated carbocycles. The van der Waals surface area contributed by atoms with Crippen LogP contribution in [0.5, 0.6) is 0 Å². The van der Waals surface area contributed by atoms with Crippen molar-refractivity contribution in [3.05, 3.63) is 115 Å². The zero-order valence-corrected chi connectivity index (χ0v) is 18.1. The van der Waals surface area contributed by atoms with E-state index in [0.29, 0.717) is 22.6 Å². The third-order valence-electron chi connectivity index (χ3n) is 5.72. The molecule has 6 nitrogen and oxygen atoms in total. The summed E-state index contributed by atoms with van der Waals surface area (Å²) in [5.41, 5.74) is 6.78. The minimum atomic E-state index is 0.485. The molecule has 0 radical (unpaired) electrons. The van der Waals surface area contributed by atoms with Gasteiger partial charge in [0.05, 0.1) is 22.8 Å². The molecule has 0 bridgehead atoms. The van der Waals surface area contributed by atoms with Crippen molar-refractivity contribution in [1.82, 2.24) is 24.4 Å². The Kier molecular flexibility index (Phi) is 4.71. The van der Waals surface area contributed by atoms with Crippen molar-refractivity contribution in [2.45, 2.75) is 0 Å². The Balaban J connectivity index is 1.62. The lowest BCUT2D eigenvalue weighted by Gasteiger charge is -2.07. The van der Waals surface area contributed by atoms with Crippen molar-refractivity contribution in [2.75, 3.05) is 0 Å². The molecule has 0 aliphatic carbocycles. The van der Waals surface area contributed by atoms with E-state index in [9.17, 15) is 5.26 Å². The molecular formula is C28H18N6. The lowest BCUT2D eigenvalue weighted by molar-refractivity contribution is 0.878. The molecule has 0 spiro atoms. The summed E-state index contributed by atoms with van der Waals surface area (Å²) < 4.78 is 3.59. The first kappa shape index (κ1) is 19.6. The van der Waals surface area contributed by atoms with E-state index >= 15 is 0 Å². The minimum absolute atomic E-state index is 0.485. The number of para-hydroxylation sites is 1. The minimum Gasteiger partial charge on any atom is -0.237 e. The molecule has 3 heterocycles. The van der Waals surface area contributed by atoms with Gasteiger partial charge in [0, 0.05) is 23.4 Å². The summed E-state index contributed by atoms with van der Waals surface area (Å²) >= 11 is 0. The summed E-state index contributed by atoms with van der Waals surface area (Å²) in [6, 6.07) is 35.9. The fourth-order valence-electron chi connectivity index (χ4n) is 4.15. The van der Waals surface area contributed by atoms with Crippen LogP contribution in [0, 0.1) is 11.3 Å². The average Bonchev–Trinajstić information content (AvgIpc) is 3.52. The van der Waals surface area contributed by atoms with Gasteiger partial charge >= 0.3 is 0 Å². The highest BCUT2D eigenvalue weighted by molar-refractivity contribution is 5.79. The summed E-state index contributed by atoms with van der Waals surface area (Å²) in [5.74, 6) is 0. The highest BCUT2D eigenvalue weighted by Crippen LogP contribution is 2.34. The van der Waals surface area contributed by atoms with E-state index in [-0.39, 0.29) is 0 Å². The number of fused-ring (bicyclic) bond motifs is 1. The average molecular weight is 438 g/mol. The number of rotatable bonds is 4. The molecule has 6 aromatic rings. The monoisotopic (exact) mass is 438 g/mol. The summed E-state index contributed by atoms with van der Waals surface area (Å²) in [7, 11) is 0. The standard InChI is InChI=1S/C28H18N6/c29-19-23-27(25-16-17-30-26-18-24(31-34(25)26)20-10-4-1-5-11-20)32-33(22-14-8-3-9-15-22)28(23)21-12-6-2-7-13-21/h1-18H. The van der Waals surface area contributed by atoms with Crippen LogP contribution >= 0.6 is 0 Å². The van der Waals surface area contributed by atoms with Crippen LogP contribution in [0.2, 0.25) is 0 Å². The van der Waals surface area contributed by atoms with Gasteiger partial charge in [-0.3, -0.25) is 0 Å². The van der Waals surface area contributed by atoms with E-state index in [1.54, 1.807) is 10.7 Å². The van der Waals surface area contributed by atoms with E-state index < -0.39 is 0 Å². The van der Waals surface area contributed by atoms with Gasteiger partial charge in [-0.1, -0.05) is 78.9 Å². The molecule has 6 heteroatoms. The second-order valence-electron chi connectivity index (χ2n) is 7.79. The van der Waals surface area contributed by atoms with E-state index in [1.165, 1.54) is 0 Å². The molecule has 3 aromatic carbocycles. The zero-order valence-electron chi connectivity index (χ0n) is 18.1. The Labute approximate surface area is 196 Å². The van der Waals surface area contributed by atoms with Crippen LogP contribution in [0.3, 0.4) is 0 Å². The molecule has 0 atom stereocenters. The molecular weight excluding hydrogens is 420 g/mol. The smallest absolute Gasteiger partial charge is 0.156 e. The second-order valence-corrected chi connectivity index (χ2v) is 7.79. The number of nitriles is 1. The molecule has 34 heavy (non-hydrogen) atoms. The van der Waals surface area contributed by atoms with E-state index in [4.69, 9.17) is 10.2 Å². The maximum atomic E-state index is 10.3. The number of benzene rings is 3. The quantitative estimate of drug-likeness (QED) is 0.349. The topological polar surface area (TPSA) is 71.8 Å². The molecule has 0 unspecified atom stereocenters. The van der Waals surface area contributed by atoms with Gasteiger partial charge in [0.2, 0.25) is 0 Å². The molecule has 160 valence electrons. The molecule has 0 saturated heterocycles. The van der Waals surface area contributed by atoms with Crippen molar-refractivity contribution < 1.29 is 0 Å². The molecule has 6 rings (SSSR count). The lowest BCUT2D eigenvalue weighted by Crippen LogP contribution is -2.00. The van der Waals surface area contributed by atoms with Crippen LogP contribution in [0.1, 0.15) is 5.56 Å². The van der Waals surface area contributed by atoms with Gasteiger partial charge in [-0.2, -0.15) is 15.5 Å². The second kappa shape index (κ2) is 8.15. The number of hydrogen-bond donors (Lipinski definition) is 0. The maximum Gasteiger partial charge on any atom is 0.156 e. The zero-order chi connectivity index (χ0) is 22.9. The number of nitrogens with zero attached hydrogens (tertiary/aromatic N) is 6.